The number of piperidine rings is 1. The van der Waals surface area contributed by atoms with Crippen molar-refractivity contribution in [2.24, 2.45) is 0 Å². The molecular weight excluding hydrogens is 414 g/mol. The minimum atomic E-state index is 0. The molecule has 0 spiro atoms. The van der Waals surface area contributed by atoms with Crippen LogP contribution in [0.2, 0.25) is 0 Å². The highest BCUT2D eigenvalue weighted by Crippen LogP contribution is 2.40. The van der Waals surface area contributed by atoms with Crippen LogP contribution in [0.4, 0.5) is 5.13 Å². The van der Waals surface area contributed by atoms with Crippen LogP contribution in [0.3, 0.4) is 0 Å². The average Bonchev–Trinajstić information content (AvgIpc) is 3.10. The van der Waals surface area contributed by atoms with Crippen LogP contribution < -0.4 is 10.2 Å². The van der Waals surface area contributed by atoms with Crippen LogP contribution >= 0.6 is 35.1 Å². The fraction of sp³-hybridized carbons (Fsp3) is 0.526. The number of fused-ring (bicyclic) bond motifs is 1. The number of aromatic hydroxyl groups is 1. The Morgan fingerprint density at radius 1 is 1.11 bits per heavy atom. The number of nitrogens with zero attached hydrogens (tertiary/aromatic N) is 4. The lowest BCUT2D eigenvalue weighted by Gasteiger charge is -2.48. The number of hydrogen-bond acceptors (Lipinski definition) is 8. The fourth-order valence-corrected chi connectivity index (χ4v) is 6.22. The van der Waals surface area contributed by atoms with Crippen molar-refractivity contribution in [3.63, 3.8) is 0 Å². The van der Waals surface area contributed by atoms with Crippen molar-refractivity contribution in [1.29, 1.82) is 0 Å². The predicted molar refractivity (Wildman–Crippen MR) is 120 cm³/mol. The molecule has 0 bridgehead atoms. The summed E-state index contributed by atoms with van der Waals surface area (Å²) < 4.78 is 0. The van der Waals surface area contributed by atoms with E-state index in [0.29, 0.717) is 16.7 Å². The second-order valence-corrected chi connectivity index (χ2v) is 10.5. The monoisotopic (exact) mass is 439 g/mol. The Labute approximate surface area is 179 Å². The Hall–Kier alpha value is -1.48. The molecule has 28 heavy (non-hydrogen) atoms. The van der Waals surface area contributed by atoms with Gasteiger partial charge < -0.3 is 15.3 Å². The number of pyridine rings is 1. The van der Waals surface area contributed by atoms with Crippen molar-refractivity contribution in [2.45, 2.75) is 57.7 Å². The van der Waals surface area contributed by atoms with E-state index in [1.807, 2.05) is 0 Å². The number of thiazole rings is 2. The van der Waals surface area contributed by atoms with Gasteiger partial charge in [0.2, 0.25) is 0 Å². The number of rotatable bonds is 3. The molecule has 0 aliphatic carbocycles. The number of anilines is 1. The summed E-state index contributed by atoms with van der Waals surface area (Å²) in [6.45, 7) is 9.06. The van der Waals surface area contributed by atoms with Crippen LogP contribution in [0.15, 0.2) is 18.3 Å². The van der Waals surface area contributed by atoms with Crippen molar-refractivity contribution in [3.05, 3.63) is 18.3 Å². The maximum absolute atomic E-state index is 10.0. The van der Waals surface area contributed by atoms with Gasteiger partial charge in [0.1, 0.15) is 16.5 Å². The van der Waals surface area contributed by atoms with Gasteiger partial charge in [-0.3, -0.25) is 0 Å². The van der Waals surface area contributed by atoms with E-state index in [-0.39, 0.29) is 29.2 Å². The Morgan fingerprint density at radius 2 is 1.75 bits per heavy atom. The molecule has 152 valence electrons. The summed E-state index contributed by atoms with van der Waals surface area (Å²) in [6, 6.07) is 3.77. The highest BCUT2D eigenvalue weighted by molar-refractivity contribution is 7.29. The van der Waals surface area contributed by atoms with Crippen molar-refractivity contribution in [3.8, 4) is 16.5 Å². The zero-order valence-corrected chi connectivity index (χ0v) is 19.1. The van der Waals surface area contributed by atoms with Gasteiger partial charge in [-0.05, 0) is 52.7 Å². The van der Waals surface area contributed by atoms with E-state index in [1.54, 1.807) is 29.7 Å². The number of nitrogens with one attached hydrogen (secondary N) is 1. The molecule has 1 saturated heterocycles. The second-order valence-electron chi connectivity index (χ2n) is 8.56. The maximum atomic E-state index is 10.0. The minimum Gasteiger partial charge on any atom is -0.506 e. The summed E-state index contributed by atoms with van der Waals surface area (Å²) in [4.78, 5) is 17.8. The molecule has 0 saturated carbocycles. The van der Waals surface area contributed by atoms with Gasteiger partial charge in [-0.2, -0.15) is 0 Å². The lowest BCUT2D eigenvalue weighted by molar-refractivity contribution is 0.161. The molecule has 0 amide bonds. The molecule has 9 heteroatoms. The Morgan fingerprint density at radius 3 is 2.36 bits per heavy atom. The molecule has 1 aliphatic heterocycles. The number of hydrogen-bond donors (Lipinski definition) is 2. The second kappa shape index (κ2) is 7.40. The van der Waals surface area contributed by atoms with E-state index in [1.165, 1.54) is 11.3 Å². The predicted octanol–water partition coefficient (Wildman–Crippen LogP) is 4.69. The van der Waals surface area contributed by atoms with Gasteiger partial charge >= 0.3 is 0 Å². The zero-order chi connectivity index (χ0) is 19.4. The van der Waals surface area contributed by atoms with Crippen molar-refractivity contribution in [2.75, 3.05) is 11.9 Å². The summed E-state index contributed by atoms with van der Waals surface area (Å²) >= 11 is 3.08. The third-order valence-electron chi connectivity index (χ3n) is 4.97. The van der Waals surface area contributed by atoms with Crippen molar-refractivity contribution in [1.82, 2.24) is 20.3 Å². The molecule has 6 nitrogen and oxygen atoms in total. The Kier molecular flexibility index (Phi) is 5.62. The van der Waals surface area contributed by atoms with Crippen LogP contribution in [0.1, 0.15) is 40.5 Å². The lowest BCUT2D eigenvalue weighted by Crippen LogP contribution is -2.61. The van der Waals surface area contributed by atoms with Gasteiger partial charge in [-0.1, -0.05) is 22.7 Å². The molecular formula is C19H26ClN5OS2. The maximum Gasteiger partial charge on any atom is 0.188 e. The standard InChI is InChI=1S/C19H25N5OS2.ClH/c1-18(2)9-11(10-19(3,4)23-18)24(5)17-22-16-15(27-17)21-14(26-16)13-12(25)7-6-8-20-13;/h6-8,11,23,25H,9-10H2,1-5H3;1H. The highest BCUT2D eigenvalue weighted by atomic mass is 35.5. The molecule has 1 aliphatic rings. The quantitative estimate of drug-likeness (QED) is 0.616. The van der Waals surface area contributed by atoms with E-state index in [0.717, 1.165) is 27.6 Å². The first-order valence-electron chi connectivity index (χ1n) is 9.07. The molecule has 2 N–H and O–H groups in total. The topological polar surface area (TPSA) is 74.2 Å². The first-order valence-corrected chi connectivity index (χ1v) is 10.7. The van der Waals surface area contributed by atoms with Crippen LogP contribution in [-0.4, -0.2) is 44.2 Å². The first kappa shape index (κ1) is 21.2. The summed E-state index contributed by atoms with van der Waals surface area (Å²) in [5.41, 5.74) is 0.707. The summed E-state index contributed by atoms with van der Waals surface area (Å²) in [6.07, 6.45) is 3.80. The Bertz CT molecular complexity index is 936. The van der Waals surface area contributed by atoms with Gasteiger partial charge in [-0.15, -0.1) is 12.4 Å². The van der Waals surface area contributed by atoms with Crippen LogP contribution in [-0.2, 0) is 0 Å². The number of halogens is 1. The largest absolute Gasteiger partial charge is 0.506 e. The SMILES string of the molecule is CN(c1nc2sc(-c3ncccc3O)nc2s1)C1CC(C)(C)NC(C)(C)C1.Cl. The Balaban J connectivity index is 0.00000225. The van der Waals surface area contributed by atoms with E-state index in [2.05, 4.69) is 54.9 Å². The van der Waals surface area contributed by atoms with Gasteiger partial charge in [0.05, 0.1) is 0 Å². The van der Waals surface area contributed by atoms with E-state index >= 15 is 0 Å². The third kappa shape index (κ3) is 4.10. The summed E-state index contributed by atoms with van der Waals surface area (Å²) in [5.74, 6) is 0.149. The van der Waals surface area contributed by atoms with Crippen molar-refractivity contribution < 1.29 is 5.11 Å². The average molecular weight is 440 g/mol. The highest BCUT2D eigenvalue weighted by Gasteiger charge is 2.39. The van der Waals surface area contributed by atoms with E-state index in [4.69, 9.17) is 4.98 Å². The lowest BCUT2D eigenvalue weighted by atomic mass is 9.79. The van der Waals surface area contributed by atoms with Gasteiger partial charge in [0.25, 0.3) is 0 Å². The number of aromatic nitrogens is 3. The first-order chi connectivity index (χ1) is 12.6. The van der Waals surface area contributed by atoms with Gasteiger partial charge in [0.15, 0.2) is 14.8 Å². The minimum absolute atomic E-state index is 0. The fourth-order valence-electron chi connectivity index (χ4n) is 4.14. The molecule has 0 aromatic carbocycles. The molecule has 1 fully saturated rings. The molecule has 0 radical (unpaired) electrons. The molecule has 0 unspecified atom stereocenters. The molecule has 3 aromatic heterocycles. The normalized spacial score (nSPS) is 18.8. The third-order valence-corrected chi connectivity index (χ3v) is 7.10. The van der Waals surface area contributed by atoms with Crippen molar-refractivity contribution >= 4 is 49.9 Å². The molecule has 3 aromatic rings. The van der Waals surface area contributed by atoms with Crippen LogP contribution in [0.5, 0.6) is 5.75 Å². The zero-order valence-electron chi connectivity index (χ0n) is 16.7. The van der Waals surface area contributed by atoms with Crippen LogP contribution in [0, 0.1) is 0 Å². The summed E-state index contributed by atoms with van der Waals surface area (Å²) in [5, 5.41) is 15.5. The van der Waals surface area contributed by atoms with Gasteiger partial charge in [-0.25, -0.2) is 15.0 Å². The van der Waals surface area contributed by atoms with E-state index in [9.17, 15) is 5.11 Å². The van der Waals surface area contributed by atoms with Crippen LogP contribution in [0.25, 0.3) is 20.4 Å². The summed E-state index contributed by atoms with van der Waals surface area (Å²) in [7, 11) is 2.13. The van der Waals surface area contributed by atoms with E-state index < -0.39 is 0 Å². The molecule has 4 rings (SSSR count). The smallest absolute Gasteiger partial charge is 0.188 e. The molecule has 0 atom stereocenters. The van der Waals surface area contributed by atoms with Gasteiger partial charge in [0, 0.05) is 30.4 Å². The molecule has 4 heterocycles.